The van der Waals surface area contributed by atoms with Crippen molar-refractivity contribution in [3.8, 4) is 5.75 Å². The smallest absolute Gasteiger partial charge is 0.293 e. The second kappa shape index (κ2) is 15.6. The first kappa shape index (κ1) is 38.0. The molecule has 2 N–H and O–H groups in total. The van der Waals surface area contributed by atoms with E-state index < -0.39 is 29.7 Å². The molecule has 17 heteroatoms. The van der Waals surface area contributed by atoms with E-state index in [-0.39, 0.29) is 42.1 Å². The largest absolute Gasteiger partial charge is 0.480 e. The van der Waals surface area contributed by atoms with Gasteiger partial charge in [0.25, 0.3) is 17.4 Å². The Morgan fingerprint density at radius 1 is 0.947 bits per heavy atom. The monoisotopic (exact) mass is 795 g/mol. The molecule has 57 heavy (non-hydrogen) atoms. The van der Waals surface area contributed by atoms with Crippen molar-refractivity contribution < 1.29 is 28.7 Å². The Morgan fingerprint density at radius 2 is 1.72 bits per heavy atom. The number of benzene rings is 2. The fraction of sp³-hybridized carbons (Fsp3) is 0.400. The van der Waals surface area contributed by atoms with E-state index in [2.05, 4.69) is 30.3 Å². The molecule has 4 amide bonds. The van der Waals surface area contributed by atoms with Crippen LogP contribution in [0.5, 0.6) is 5.75 Å². The van der Waals surface area contributed by atoms with Gasteiger partial charge in [-0.2, -0.15) is 4.98 Å². The molecule has 4 aromatic rings. The number of carbonyl (C=O) groups is 5. The van der Waals surface area contributed by atoms with Gasteiger partial charge in [-0.15, -0.1) is 0 Å². The second-order valence-corrected chi connectivity index (χ2v) is 15.1. The Labute approximate surface area is 332 Å². The summed E-state index contributed by atoms with van der Waals surface area (Å²) in [4.78, 5) is 93.0. The average Bonchev–Trinajstić information content (AvgIpc) is 3.48. The second-order valence-electron chi connectivity index (χ2n) is 14.7. The van der Waals surface area contributed by atoms with Crippen LogP contribution in [0.1, 0.15) is 59.7 Å². The van der Waals surface area contributed by atoms with Crippen molar-refractivity contribution in [3.63, 3.8) is 0 Å². The maximum Gasteiger partial charge on any atom is 0.293 e. The lowest BCUT2D eigenvalue weighted by molar-refractivity contribution is -0.136. The van der Waals surface area contributed by atoms with E-state index in [1.165, 1.54) is 4.57 Å². The lowest BCUT2D eigenvalue weighted by atomic mass is 9.99. The lowest BCUT2D eigenvalue weighted by Crippen LogP contribution is -2.54. The summed E-state index contributed by atoms with van der Waals surface area (Å²) in [6.45, 7) is 6.04. The molecule has 1 unspecified atom stereocenters. The van der Waals surface area contributed by atoms with E-state index in [1.807, 2.05) is 24.3 Å². The zero-order chi connectivity index (χ0) is 40.0. The molecule has 4 aliphatic rings. The Morgan fingerprint density at radius 3 is 2.46 bits per heavy atom. The lowest BCUT2D eigenvalue weighted by Gasteiger charge is -2.43. The van der Waals surface area contributed by atoms with Gasteiger partial charge in [0.1, 0.15) is 17.7 Å². The molecule has 16 nitrogen and oxygen atoms in total. The van der Waals surface area contributed by atoms with Gasteiger partial charge in [0, 0.05) is 76.3 Å². The van der Waals surface area contributed by atoms with Crippen molar-refractivity contribution in [1.29, 1.82) is 0 Å². The van der Waals surface area contributed by atoms with Crippen molar-refractivity contribution >= 4 is 75.1 Å². The molecule has 3 fully saturated rings. The number of halogens is 1. The van der Waals surface area contributed by atoms with Gasteiger partial charge in [0.2, 0.25) is 17.8 Å². The number of nitrogens with one attached hydrogen (secondary N) is 2. The number of piperidine rings is 2. The van der Waals surface area contributed by atoms with Crippen LogP contribution in [0.15, 0.2) is 53.5 Å². The van der Waals surface area contributed by atoms with Gasteiger partial charge in [0.05, 0.1) is 28.5 Å². The van der Waals surface area contributed by atoms with Crippen LogP contribution in [0.4, 0.5) is 23.1 Å². The van der Waals surface area contributed by atoms with Crippen molar-refractivity contribution in [1.82, 2.24) is 29.7 Å². The summed E-state index contributed by atoms with van der Waals surface area (Å²) in [5.74, 6) is -1.02. The highest BCUT2D eigenvalue weighted by Crippen LogP contribution is 2.36. The minimum absolute atomic E-state index is 0.0739. The minimum atomic E-state index is -1.00. The van der Waals surface area contributed by atoms with E-state index in [0.717, 1.165) is 36.2 Å². The summed E-state index contributed by atoms with van der Waals surface area (Å²) in [6, 6.07) is 11.8. The first-order chi connectivity index (χ1) is 27.5. The van der Waals surface area contributed by atoms with E-state index >= 15 is 0 Å². The van der Waals surface area contributed by atoms with Crippen LogP contribution in [0.25, 0.3) is 10.9 Å². The third-order valence-electron chi connectivity index (χ3n) is 11.3. The topological polar surface area (TPSA) is 179 Å². The van der Waals surface area contributed by atoms with Crippen LogP contribution >= 0.6 is 11.6 Å². The number of anilines is 4. The Kier molecular flexibility index (Phi) is 10.4. The number of hydrogen-bond acceptors (Lipinski definition) is 13. The standard InChI is InChI=1S/C40H42ClN9O7/c1-3-26(51)22-57-32-20-23-19-24(7-8-29(23)46(2)38(32)55)43-35-28(41)21-42-40(45-35)49-17-15-47(16-18-49)25-11-13-48(14-12-25)30-6-4-5-27-34(30)39(56)50(37(27)54)31-9-10-33(52)44-36(31)53/h4-8,19-21,25,31H,3,9-18,22H2,1-2H3,(H,42,43,45)(H,44,52,53). The van der Waals surface area contributed by atoms with Crippen LogP contribution in [0, 0.1) is 0 Å². The fourth-order valence-corrected chi connectivity index (χ4v) is 8.29. The number of amides is 4. The van der Waals surface area contributed by atoms with E-state index in [4.69, 9.17) is 21.3 Å². The number of rotatable bonds is 10. The maximum absolute atomic E-state index is 13.7. The first-order valence-electron chi connectivity index (χ1n) is 19.2. The third kappa shape index (κ3) is 7.30. The van der Waals surface area contributed by atoms with Gasteiger partial charge in [-0.25, -0.2) is 4.98 Å². The molecule has 6 heterocycles. The number of ether oxygens (including phenoxy) is 1. The SMILES string of the molecule is CCC(=O)COc1cc2cc(Nc3nc(N4CCN(C5CCN(c6cccc7c6C(=O)N(C6CCC(=O)NC6=O)C7=O)CC5)CC4)ncc3Cl)ccc2n(C)c1=O. The number of nitrogens with zero attached hydrogens (tertiary/aromatic N) is 7. The zero-order valence-corrected chi connectivity index (χ0v) is 32.4. The number of hydrogen-bond donors (Lipinski definition) is 2. The summed E-state index contributed by atoms with van der Waals surface area (Å²) >= 11 is 6.56. The van der Waals surface area contributed by atoms with E-state index in [0.29, 0.717) is 77.9 Å². The molecule has 2 aromatic carbocycles. The normalized spacial score (nSPS) is 19.3. The molecule has 3 saturated heterocycles. The number of carbonyl (C=O) groups excluding carboxylic acids is 5. The maximum atomic E-state index is 13.7. The average molecular weight is 796 g/mol. The molecule has 0 spiro atoms. The summed E-state index contributed by atoms with van der Waals surface area (Å²) in [7, 11) is 1.66. The zero-order valence-electron chi connectivity index (χ0n) is 31.6. The van der Waals surface area contributed by atoms with Gasteiger partial charge in [-0.3, -0.25) is 43.9 Å². The molecule has 0 aliphatic carbocycles. The highest BCUT2D eigenvalue weighted by molar-refractivity contribution is 6.33. The van der Waals surface area contributed by atoms with Crippen LogP contribution in [0.2, 0.25) is 5.02 Å². The molecular weight excluding hydrogens is 754 g/mol. The van der Waals surface area contributed by atoms with Gasteiger partial charge < -0.3 is 24.4 Å². The molecule has 1 atom stereocenters. The fourth-order valence-electron chi connectivity index (χ4n) is 8.15. The number of piperazine rings is 1. The number of pyridine rings is 1. The summed E-state index contributed by atoms with van der Waals surface area (Å²) < 4.78 is 7.05. The van der Waals surface area contributed by atoms with Crippen LogP contribution in [-0.2, 0) is 21.4 Å². The number of ketones is 1. The number of Topliss-reactive ketones (excluding diaryl/α,β-unsaturated/α-hetero) is 1. The number of imide groups is 2. The minimum Gasteiger partial charge on any atom is -0.480 e. The Balaban J connectivity index is 0.887. The Bertz CT molecular complexity index is 2370. The summed E-state index contributed by atoms with van der Waals surface area (Å²) in [6.07, 6.45) is 3.84. The number of fused-ring (bicyclic) bond motifs is 2. The highest BCUT2D eigenvalue weighted by Gasteiger charge is 2.46. The van der Waals surface area contributed by atoms with Gasteiger partial charge in [-0.05, 0) is 55.7 Å². The van der Waals surface area contributed by atoms with Crippen LogP contribution in [0.3, 0.4) is 0 Å². The van der Waals surface area contributed by atoms with Crippen molar-refractivity contribution in [3.05, 3.63) is 75.2 Å². The molecule has 0 saturated carbocycles. The van der Waals surface area contributed by atoms with Gasteiger partial charge in [0.15, 0.2) is 17.4 Å². The van der Waals surface area contributed by atoms with Crippen molar-refractivity contribution in [2.24, 2.45) is 7.05 Å². The van der Waals surface area contributed by atoms with Crippen molar-refractivity contribution in [2.45, 2.75) is 51.1 Å². The molecule has 0 bridgehead atoms. The van der Waals surface area contributed by atoms with Gasteiger partial charge in [-0.1, -0.05) is 24.6 Å². The van der Waals surface area contributed by atoms with Crippen molar-refractivity contribution in [2.75, 3.05) is 61.0 Å². The first-order valence-corrected chi connectivity index (χ1v) is 19.5. The molecule has 8 rings (SSSR count). The van der Waals surface area contributed by atoms with E-state index in [1.54, 1.807) is 38.4 Å². The van der Waals surface area contributed by atoms with Gasteiger partial charge >= 0.3 is 0 Å². The predicted molar refractivity (Wildman–Crippen MR) is 212 cm³/mol. The molecule has 296 valence electrons. The third-order valence-corrected chi connectivity index (χ3v) is 11.6. The summed E-state index contributed by atoms with van der Waals surface area (Å²) in [5.41, 5.74) is 2.38. The molecule has 4 aliphatic heterocycles. The van der Waals surface area contributed by atoms with Crippen LogP contribution in [-0.4, -0.2) is 112 Å². The van der Waals surface area contributed by atoms with E-state index in [9.17, 15) is 28.8 Å². The molecule has 2 aromatic heterocycles. The number of aryl methyl sites for hydroxylation is 1. The number of aromatic nitrogens is 3. The predicted octanol–water partition coefficient (Wildman–Crippen LogP) is 3.28. The quantitative estimate of drug-likeness (QED) is 0.224. The molecular formula is C40H42ClN9O7. The Hall–Kier alpha value is -5.87. The molecule has 0 radical (unpaired) electrons. The highest BCUT2D eigenvalue weighted by atomic mass is 35.5. The van der Waals surface area contributed by atoms with Crippen LogP contribution < -0.4 is 30.7 Å². The summed E-state index contributed by atoms with van der Waals surface area (Å²) in [5, 5.41) is 6.64.